The summed E-state index contributed by atoms with van der Waals surface area (Å²) >= 11 is 0. The van der Waals surface area contributed by atoms with Crippen molar-refractivity contribution in [1.82, 2.24) is 0 Å². The number of sulfonamides is 1. The summed E-state index contributed by atoms with van der Waals surface area (Å²) in [5, 5.41) is 12.4. The maximum Gasteiger partial charge on any atom is 0.417 e. The fourth-order valence-electron chi connectivity index (χ4n) is 2.93. The van der Waals surface area contributed by atoms with Crippen molar-refractivity contribution < 1.29 is 26.4 Å². The Hall–Kier alpha value is -3.12. The highest BCUT2D eigenvalue weighted by Crippen LogP contribution is 2.40. The molecule has 2 aromatic rings. The van der Waals surface area contributed by atoms with Gasteiger partial charge in [-0.2, -0.15) is 18.3 Å². The zero-order valence-corrected chi connectivity index (χ0v) is 15.5. The first kappa shape index (κ1) is 20.6. The lowest BCUT2D eigenvalue weighted by molar-refractivity contribution is -0.139. The molecule has 12 heteroatoms. The number of nitrogens with zero attached hydrogens (tertiary/aromatic N) is 3. The molecule has 0 saturated carbocycles. The van der Waals surface area contributed by atoms with Gasteiger partial charge < -0.3 is 5.73 Å². The molecule has 3 rings (SSSR count). The summed E-state index contributed by atoms with van der Waals surface area (Å²) in [4.78, 5) is 13.8. The van der Waals surface area contributed by atoms with E-state index in [1.165, 1.54) is 12.1 Å². The van der Waals surface area contributed by atoms with E-state index in [-0.39, 0.29) is 30.1 Å². The Bertz CT molecular complexity index is 1140. The van der Waals surface area contributed by atoms with Gasteiger partial charge >= 0.3 is 6.18 Å². The van der Waals surface area contributed by atoms with E-state index < -0.39 is 32.6 Å². The van der Waals surface area contributed by atoms with Crippen LogP contribution in [0.15, 0.2) is 56.5 Å². The standard InChI is InChI=1S/C17H14F3N5O3S/c18-17(19,20)12-6-5-11(10-3-1-9(2-4-10)7-13(21)26)14(15(12)29(22,27)28)16-23-8-24-25-16/h1-6H,7-8H2,(H2,21,26)(H2,22,27,28). The third kappa shape index (κ3) is 4.32. The quantitative estimate of drug-likeness (QED) is 0.759. The minimum Gasteiger partial charge on any atom is -0.369 e. The normalized spacial score (nSPS) is 14.1. The highest BCUT2D eigenvalue weighted by Gasteiger charge is 2.40. The van der Waals surface area contributed by atoms with Gasteiger partial charge in [-0.15, -0.1) is 5.11 Å². The Labute approximate surface area is 163 Å². The second kappa shape index (κ2) is 7.37. The Balaban J connectivity index is 2.31. The fourth-order valence-corrected chi connectivity index (χ4v) is 3.90. The Kier molecular flexibility index (Phi) is 5.24. The number of azo groups is 1. The fraction of sp³-hybridized carbons (Fsp3) is 0.176. The molecular formula is C17H14F3N5O3S. The van der Waals surface area contributed by atoms with Crippen molar-refractivity contribution in [2.75, 3.05) is 6.67 Å². The second-order valence-electron chi connectivity index (χ2n) is 6.11. The molecule has 0 radical (unpaired) electrons. The summed E-state index contributed by atoms with van der Waals surface area (Å²) in [5.74, 6) is -0.818. The molecular weight excluding hydrogens is 411 g/mol. The molecule has 4 N–H and O–H groups in total. The molecule has 152 valence electrons. The van der Waals surface area contributed by atoms with Gasteiger partial charge in [0.05, 0.1) is 12.0 Å². The number of nitrogens with two attached hydrogens (primary N) is 2. The molecule has 1 amide bonds. The van der Waals surface area contributed by atoms with Crippen LogP contribution in [0.1, 0.15) is 16.7 Å². The highest BCUT2D eigenvalue weighted by atomic mass is 32.2. The first-order chi connectivity index (χ1) is 13.5. The van der Waals surface area contributed by atoms with Crippen molar-refractivity contribution in [3.8, 4) is 11.1 Å². The number of amides is 1. The summed E-state index contributed by atoms with van der Waals surface area (Å²) < 4.78 is 64.8. The number of alkyl halides is 3. The van der Waals surface area contributed by atoms with Gasteiger partial charge in [-0.3, -0.25) is 4.79 Å². The molecule has 1 heterocycles. The average molecular weight is 425 g/mol. The topological polar surface area (TPSA) is 140 Å². The van der Waals surface area contributed by atoms with E-state index in [0.717, 1.165) is 6.07 Å². The van der Waals surface area contributed by atoms with E-state index >= 15 is 0 Å². The zero-order chi connectivity index (χ0) is 21.4. The van der Waals surface area contributed by atoms with Gasteiger partial charge in [-0.1, -0.05) is 30.3 Å². The van der Waals surface area contributed by atoms with Crippen LogP contribution in [0.2, 0.25) is 0 Å². The van der Waals surface area contributed by atoms with E-state index in [0.29, 0.717) is 17.2 Å². The molecule has 1 aliphatic rings. The number of primary amides is 1. The van der Waals surface area contributed by atoms with Crippen molar-refractivity contribution in [1.29, 1.82) is 0 Å². The predicted octanol–water partition coefficient (Wildman–Crippen LogP) is 2.22. The van der Waals surface area contributed by atoms with E-state index in [9.17, 15) is 26.4 Å². The molecule has 0 atom stereocenters. The Morgan fingerprint density at radius 3 is 2.24 bits per heavy atom. The number of benzene rings is 2. The number of carbonyl (C=O) groups is 1. The highest BCUT2D eigenvalue weighted by molar-refractivity contribution is 7.89. The van der Waals surface area contributed by atoms with Crippen LogP contribution in [0.4, 0.5) is 13.2 Å². The molecule has 0 unspecified atom stereocenters. The van der Waals surface area contributed by atoms with Crippen LogP contribution in [0.5, 0.6) is 0 Å². The van der Waals surface area contributed by atoms with Crippen LogP contribution in [0, 0.1) is 0 Å². The maximum absolute atomic E-state index is 13.5. The largest absolute Gasteiger partial charge is 0.417 e. The van der Waals surface area contributed by atoms with E-state index in [1.807, 2.05) is 0 Å². The van der Waals surface area contributed by atoms with E-state index in [2.05, 4.69) is 15.2 Å². The van der Waals surface area contributed by atoms with Crippen molar-refractivity contribution in [2.45, 2.75) is 17.5 Å². The summed E-state index contributed by atoms with van der Waals surface area (Å²) in [6.07, 6.45) is -5.00. The minimum absolute atomic E-state index is 0.0243. The first-order valence-electron chi connectivity index (χ1n) is 8.05. The SMILES string of the molecule is NC(=O)Cc1ccc(-c2ccc(C(F)(F)F)c(S(N)(=O)=O)c2C2=NCN=N2)cc1. The van der Waals surface area contributed by atoms with Gasteiger partial charge in [0.15, 0.2) is 12.5 Å². The summed E-state index contributed by atoms with van der Waals surface area (Å²) in [6, 6.07) is 7.90. The minimum atomic E-state index is -4.98. The number of rotatable bonds is 5. The van der Waals surface area contributed by atoms with Crippen LogP contribution in [-0.2, 0) is 27.4 Å². The molecule has 0 spiro atoms. The monoisotopic (exact) mass is 425 g/mol. The van der Waals surface area contributed by atoms with Crippen LogP contribution < -0.4 is 10.9 Å². The number of halogens is 3. The molecule has 2 aromatic carbocycles. The number of hydrogen-bond donors (Lipinski definition) is 2. The van der Waals surface area contributed by atoms with Gasteiger partial charge in [0, 0.05) is 5.56 Å². The smallest absolute Gasteiger partial charge is 0.369 e. The Morgan fingerprint density at radius 2 is 1.76 bits per heavy atom. The number of primary sulfonamides is 1. The molecule has 0 aliphatic carbocycles. The van der Waals surface area contributed by atoms with Crippen LogP contribution in [0.25, 0.3) is 11.1 Å². The van der Waals surface area contributed by atoms with Crippen LogP contribution in [0.3, 0.4) is 0 Å². The number of hydrogen-bond acceptors (Lipinski definition) is 6. The lowest BCUT2D eigenvalue weighted by Crippen LogP contribution is -2.23. The van der Waals surface area contributed by atoms with E-state index in [4.69, 9.17) is 10.9 Å². The van der Waals surface area contributed by atoms with Crippen molar-refractivity contribution in [2.24, 2.45) is 26.1 Å². The predicted molar refractivity (Wildman–Crippen MR) is 97.4 cm³/mol. The molecule has 0 aromatic heterocycles. The van der Waals surface area contributed by atoms with Gasteiger partial charge in [0.1, 0.15) is 4.90 Å². The second-order valence-corrected chi connectivity index (χ2v) is 7.61. The number of amidine groups is 1. The third-order valence-electron chi connectivity index (χ3n) is 4.06. The van der Waals surface area contributed by atoms with Gasteiger partial charge in [0.2, 0.25) is 15.9 Å². The molecule has 0 saturated heterocycles. The molecule has 0 bridgehead atoms. The summed E-state index contributed by atoms with van der Waals surface area (Å²) in [5.41, 5.74) is 4.41. The van der Waals surface area contributed by atoms with Gasteiger partial charge in [0.25, 0.3) is 0 Å². The first-order valence-corrected chi connectivity index (χ1v) is 9.60. The average Bonchev–Trinajstić information content (AvgIpc) is 3.13. The lowest BCUT2D eigenvalue weighted by Gasteiger charge is -2.18. The van der Waals surface area contributed by atoms with Gasteiger partial charge in [-0.05, 0) is 22.8 Å². The van der Waals surface area contributed by atoms with Crippen molar-refractivity contribution in [3.05, 3.63) is 53.1 Å². The number of aliphatic imine (C=N–C) groups is 1. The molecule has 1 aliphatic heterocycles. The summed E-state index contributed by atoms with van der Waals surface area (Å²) in [7, 11) is -4.80. The number of carbonyl (C=O) groups excluding carboxylic acids is 1. The molecule has 8 nitrogen and oxygen atoms in total. The lowest BCUT2D eigenvalue weighted by atomic mass is 9.95. The van der Waals surface area contributed by atoms with Crippen LogP contribution in [-0.4, -0.2) is 26.8 Å². The summed E-state index contributed by atoms with van der Waals surface area (Å²) in [6.45, 7) is -0.146. The van der Waals surface area contributed by atoms with Crippen LogP contribution >= 0.6 is 0 Å². The third-order valence-corrected chi connectivity index (χ3v) is 5.06. The Morgan fingerprint density at radius 1 is 1.10 bits per heavy atom. The van der Waals surface area contributed by atoms with Crippen molar-refractivity contribution >= 4 is 21.8 Å². The van der Waals surface area contributed by atoms with Crippen molar-refractivity contribution in [3.63, 3.8) is 0 Å². The molecule has 0 fully saturated rings. The van der Waals surface area contributed by atoms with E-state index in [1.54, 1.807) is 12.1 Å². The molecule has 29 heavy (non-hydrogen) atoms. The zero-order valence-electron chi connectivity index (χ0n) is 14.6. The van der Waals surface area contributed by atoms with Gasteiger partial charge in [-0.25, -0.2) is 18.5 Å². The maximum atomic E-state index is 13.5.